The highest BCUT2D eigenvalue weighted by Crippen LogP contribution is 2.17. The van der Waals surface area contributed by atoms with Crippen molar-refractivity contribution in [2.24, 2.45) is 0 Å². The van der Waals surface area contributed by atoms with Gasteiger partial charge in [-0.1, -0.05) is 12.1 Å². The molecule has 19 heavy (non-hydrogen) atoms. The van der Waals surface area contributed by atoms with Gasteiger partial charge in [-0.2, -0.15) is 0 Å². The molecule has 0 saturated carbocycles. The number of carbonyl (C=O) groups excluding carboxylic acids is 2. The van der Waals surface area contributed by atoms with Crippen molar-refractivity contribution < 1.29 is 14.3 Å². The van der Waals surface area contributed by atoms with Gasteiger partial charge in [0.25, 0.3) is 0 Å². The largest absolute Gasteiger partial charge is 0.462 e. The van der Waals surface area contributed by atoms with Crippen molar-refractivity contribution in [3.63, 3.8) is 0 Å². The Balaban J connectivity index is 2.11. The normalized spacial score (nSPS) is 18.1. The molecule has 0 aromatic heterocycles. The number of carbonyl (C=O) groups is 2. The molecule has 1 atom stereocenters. The van der Waals surface area contributed by atoms with Crippen LogP contribution in [-0.2, 0) is 9.53 Å². The Labute approximate surface area is 112 Å². The number of hydrogen-bond acceptors (Lipinski definition) is 4. The third-order valence-corrected chi connectivity index (χ3v) is 3.06. The van der Waals surface area contributed by atoms with E-state index in [1.165, 1.54) is 0 Å². The van der Waals surface area contributed by atoms with Crippen LogP contribution < -0.4 is 10.6 Å². The summed E-state index contributed by atoms with van der Waals surface area (Å²) in [6.45, 7) is 2.92. The average Bonchev–Trinajstić information content (AvgIpc) is 2.93. The molecular formula is C14H18N2O3. The molecule has 1 heterocycles. The van der Waals surface area contributed by atoms with E-state index in [4.69, 9.17) is 4.74 Å². The maximum absolute atomic E-state index is 12.0. The molecule has 2 N–H and O–H groups in total. The molecule has 1 aliphatic heterocycles. The first-order valence-corrected chi connectivity index (χ1v) is 6.52. The summed E-state index contributed by atoms with van der Waals surface area (Å²) in [5.41, 5.74) is 0.885. The maximum atomic E-state index is 12.0. The van der Waals surface area contributed by atoms with E-state index in [-0.39, 0.29) is 11.9 Å². The molecule has 1 aliphatic rings. The van der Waals surface area contributed by atoms with Crippen LogP contribution in [0.2, 0.25) is 0 Å². The van der Waals surface area contributed by atoms with Crippen LogP contribution in [0.5, 0.6) is 0 Å². The second-order valence-corrected chi connectivity index (χ2v) is 4.40. The second-order valence-electron chi connectivity index (χ2n) is 4.40. The number of amides is 1. The van der Waals surface area contributed by atoms with Crippen LogP contribution >= 0.6 is 0 Å². The van der Waals surface area contributed by atoms with Gasteiger partial charge in [0, 0.05) is 0 Å². The summed E-state index contributed by atoms with van der Waals surface area (Å²) in [5.74, 6) is -0.521. The molecule has 0 aliphatic carbocycles. The van der Waals surface area contributed by atoms with Crippen molar-refractivity contribution in [2.45, 2.75) is 25.8 Å². The highest BCUT2D eigenvalue weighted by atomic mass is 16.5. The second kappa shape index (κ2) is 6.33. The fourth-order valence-electron chi connectivity index (χ4n) is 2.11. The number of nitrogens with one attached hydrogen (secondary N) is 2. The Morgan fingerprint density at radius 3 is 2.89 bits per heavy atom. The van der Waals surface area contributed by atoms with E-state index in [0.29, 0.717) is 17.9 Å². The van der Waals surface area contributed by atoms with Crippen molar-refractivity contribution >= 4 is 17.6 Å². The molecule has 0 spiro atoms. The lowest BCUT2D eigenvalue weighted by Crippen LogP contribution is -2.35. The number of esters is 1. The summed E-state index contributed by atoms with van der Waals surface area (Å²) in [5, 5.41) is 5.91. The summed E-state index contributed by atoms with van der Waals surface area (Å²) in [7, 11) is 0. The highest BCUT2D eigenvalue weighted by Gasteiger charge is 2.23. The Hall–Kier alpha value is -1.88. The van der Waals surface area contributed by atoms with Crippen molar-refractivity contribution in [3.05, 3.63) is 29.8 Å². The summed E-state index contributed by atoms with van der Waals surface area (Å²) >= 11 is 0. The summed E-state index contributed by atoms with van der Waals surface area (Å²) in [6.07, 6.45) is 1.82. The van der Waals surface area contributed by atoms with Crippen molar-refractivity contribution in [1.82, 2.24) is 5.32 Å². The van der Waals surface area contributed by atoms with Crippen molar-refractivity contribution in [3.8, 4) is 0 Å². The first kappa shape index (κ1) is 13.5. The number of anilines is 1. The van der Waals surface area contributed by atoms with Crippen molar-refractivity contribution in [2.75, 3.05) is 18.5 Å². The lowest BCUT2D eigenvalue weighted by molar-refractivity contribution is -0.117. The lowest BCUT2D eigenvalue weighted by atomic mass is 10.1. The van der Waals surface area contributed by atoms with Gasteiger partial charge >= 0.3 is 5.97 Å². The molecule has 1 aromatic carbocycles. The number of benzene rings is 1. The first-order chi connectivity index (χ1) is 9.22. The Kier molecular flexibility index (Phi) is 4.52. The Morgan fingerprint density at radius 2 is 2.21 bits per heavy atom. The zero-order chi connectivity index (χ0) is 13.7. The molecule has 102 valence electrons. The van der Waals surface area contributed by atoms with Crippen LogP contribution in [0.1, 0.15) is 30.1 Å². The smallest absolute Gasteiger partial charge is 0.340 e. The third-order valence-electron chi connectivity index (χ3n) is 3.06. The van der Waals surface area contributed by atoms with E-state index < -0.39 is 5.97 Å². The van der Waals surface area contributed by atoms with Gasteiger partial charge in [-0.3, -0.25) is 4.79 Å². The molecule has 1 amide bonds. The number of hydrogen-bond donors (Lipinski definition) is 2. The van der Waals surface area contributed by atoms with E-state index in [2.05, 4.69) is 10.6 Å². The fourth-order valence-corrected chi connectivity index (χ4v) is 2.11. The predicted octanol–water partition coefficient (Wildman–Crippen LogP) is 1.55. The number of ether oxygens (including phenoxy) is 1. The van der Waals surface area contributed by atoms with Crippen LogP contribution in [0.25, 0.3) is 0 Å². The van der Waals surface area contributed by atoms with E-state index in [1.807, 2.05) is 0 Å². The minimum Gasteiger partial charge on any atom is -0.462 e. The van der Waals surface area contributed by atoms with Gasteiger partial charge in [-0.25, -0.2) is 4.79 Å². The Morgan fingerprint density at radius 1 is 1.42 bits per heavy atom. The molecule has 0 radical (unpaired) electrons. The monoisotopic (exact) mass is 262 g/mol. The molecule has 1 saturated heterocycles. The van der Waals surface area contributed by atoms with Gasteiger partial charge < -0.3 is 15.4 Å². The molecule has 2 rings (SSSR count). The van der Waals surface area contributed by atoms with Gasteiger partial charge in [-0.05, 0) is 38.4 Å². The number of rotatable bonds is 4. The zero-order valence-electron chi connectivity index (χ0n) is 10.9. The van der Waals surface area contributed by atoms with Gasteiger partial charge in [0.1, 0.15) is 0 Å². The third kappa shape index (κ3) is 3.32. The van der Waals surface area contributed by atoms with Crippen LogP contribution in [-0.4, -0.2) is 31.1 Å². The molecule has 1 aromatic rings. The summed E-state index contributed by atoms with van der Waals surface area (Å²) in [6, 6.07) is 6.71. The zero-order valence-corrected chi connectivity index (χ0v) is 10.9. The minimum atomic E-state index is -0.419. The maximum Gasteiger partial charge on any atom is 0.340 e. The SMILES string of the molecule is CCOC(=O)c1ccccc1NC(=O)[C@@H]1CCCN1. The van der Waals surface area contributed by atoms with Gasteiger partial charge in [-0.15, -0.1) is 0 Å². The van der Waals surface area contributed by atoms with Gasteiger partial charge in [0.05, 0.1) is 23.9 Å². The molecule has 5 nitrogen and oxygen atoms in total. The van der Waals surface area contributed by atoms with E-state index >= 15 is 0 Å². The molecule has 5 heteroatoms. The van der Waals surface area contributed by atoms with Crippen LogP contribution in [0, 0.1) is 0 Å². The summed E-state index contributed by atoms with van der Waals surface area (Å²) < 4.78 is 4.97. The fraction of sp³-hybridized carbons (Fsp3) is 0.429. The van der Waals surface area contributed by atoms with Crippen LogP contribution in [0.4, 0.5) is 5.69 Å². The average molecular weight is 262 g/mol. The molecule has 1 fully saturated rings. The molecule has 0 unspecified atom stereocenters. The van der Waals surface area contributed by atoms with Gasteiger partial charge in [0.15, 0.2) is 0 Å². The minimum absolute atomic E-state index is 0.103. The van der Waals surface area contributed by atoms with Crippen molar-refractivity contribution in [1.29, 1.82) is 0 Å². The summed E-state index contributed by atoms with van der Waals surface area (Å²) in [4.78, 5) is 23.8. The standard InChI is InChI=1S/C14H18N2O3/c1-2-19-14(18)10-6-3-4-7-11(10)16-13(17)12-8-5-9-15-12/h3-4,6-7,12,15H,2,5,8-9H2,1H3,(H,16,17)/t12-/m0/s1. The molecular weight excluding hydrogens is 244 g/mol. The highest BCUT2D eigenvalue weighted by molar-refractivity contribution is 6.02. The van der Waals surface area contributed by atoms with E-state index in [0.717, 1.165) is 19.4 Å². The molecule has 0 bridgehead atoms. The topological polar surface area (TPSA) is 67.4 Å². The Bertz CT molecular complexity index is 468. The van der Waals surface area contributed by atoms with Gasteiger partial charge in [0.2, 0.25) is 5.91 Å². The van der Waals surface area contributed by atoms with Crippen LogP contribution in [0.3, 0.4) is 0 Å². The van der Waals surface area contributed by atoms with E-state index in [9.17, 15) is 9.59 Å². The predicted molar refractivity (Wildman–Crippen MR) is 72.1 cm³/mol. The quantitative estimate of drug-likeness (QED) is 0.808. The lowest BCUT2D eigenvalue weighted by Gasteiger charge is -2.13. The van der Waals surface area contributed by atoms with E-state index in [1.54, 1.807) is 31.2 Å². The first-order valence-electron chi connectivity index (χ1n) is 6.52. The number of para-hydroxylation sites is 1. The van der Waals surface area contributed by atoms with Crippen LogP contribution in [0.15, 0.2) is 24.3 Å².